The van der Waals surface area contributed by atoms with E-state index in [4.69, 9.17) is 0 Å². The van der Waals surface area contributed by atoms with Gasteiger partial charge in [-0.2, -0.15) is 0 Å². The number of nitrogens with one attached hydrogen (secondary N) is 3. The molecule has 0 aliphatic heterocycles. The van der Waals surface area contributed by atoms with Crippen LogP contribution in [0.5, 0.6) is 5.88 Å². The van der Waals surface area contributed by atoms with E-state index in [1.54, 1.807) is 6.07 Å². The van der Waals surface area contributed by atoms with Gasteiger partial charge in [0.1, 0.15) is 5.82 Å². The van der Waals surface area contributed by atoms with Crippen molar-refractivity contribution in [1.29, 1.82) is 0 Å². The van der Waals surface area contributed by atoms with Gasteiger partial charge in [0.05, 0.1) is 16.8 Å². The number of allylic oxidation sites excluding steroid dienone is 1. The summed E-state index contributed by atoms with van der Waals surface area (Å²) < 4.78 is 13.9. The van der Waals surface area contributed by atoms with Gasteiger partial charge in [0, 0.05) is 28.7 Å². The van der Waals surface area contributed by atoms with Crippen molar-refractivity contribution in [3.05, 3.63) is 58.2 Å². The van der Waals surface area contributed by atoms with Crippen molar-refractivity contribution in [3.8, 4) is 5.88 Å². The normalized spacial score (nSPS) is 13.5. The summed E-state index contributed by atoms with van der Waals surface area (Å²) in [6.07, 6.45) is 4.42. The number of fused-ring (bicyclic) bond motifs is 2. The third-order valence-corrected chi connectivity index (χ3v) is 6.37. The van der Waals surface area contributed by atoms with Crippen LogP contribution in [0.25, 0.3) is 16.5 Å². The lowest BCUT2D eigenvalue weighted by atomic mass is 9.89. The van der Waals surface area contributed by atoms with Crippen molar-refractivity contribution in [1.82, 2.24) is 20.2 Å². The number of halogens is 1. The maximum atomic E-state index is 13.9. The van der Waals surface area contributed by atoms with Crippen LogP contribution in [0.15, 0.2) is 24.3 Å². The fourth-order valence-electron chi connectivity index (χ4n) is 4.71. The minimum Gasteiger partial charge on any atom is -0.494 e. The molecule has 1 aliphatic carbocycles. The van der Waals surface area contributed by atoms with Crippen LogP contribution in [0.1, 0.15) is 59.6 Å². The Balaban J connectivity index is 1.60. The summed E-state index contributed by atoms with van der Waals surface area (Å²) in [5.74, 6) is -0.434. The van der Waals surface area contributed by atoms with Crippen LogP contribution in [-0.2, 0) is 6.42 Å². The molecule has 170 valence electrons. The molecule has 6 nitrogen and oxygen atoms in total. The Labute approximate surface area is 187 Å². The molecule has 4 N–H and O–H groups in total. The number of hydrogen-bond acceptors (Lipinski definition) is 3. The van der Waals surface area contributed by atoms with Crippen LogP contribution in [0, 0.1) is 12.7 Å². The second kappa shape index (κ2) is 9.20. The number of H-pyrrole nitrogens is 2. The van der Waals surface area contributed by atoms with Crippen LogP contribution in [0.3, 0.4) is 0 Å². The molecule has 4 rings (SSSR count). The fraction of sp³-hybridized carbons (Fsp3) is 0.400. The Hall–Kier alpha value is -3.06. The topological polar surface area (TPSA) is 84.2 Å². The summed E-state index contributed by atoms with van der Waals surface area (Å²) >= 11 is 0. The van der Waals surface area contributed by atoms with Crippen LogP contribution in [-0.4, -0.2) is 52.1 Å². The second-order valence-corrected chi connectivity index (χ2v) is 8.31. The minimum atomic E-state index is -0.359. The van der Waals surface area contributed by atoms with E-state index in [1.807, 2.05) is 13.0 Å². The Morgan fingerprint density at radius 1 is 1.25 bits per heavy atom. The first-order chi connectivity index (χ1) is 15.4. The molecule has 3 aromatic rings. The zero-order valence-corrected chi connectivity index (χ0v) is 18.9. The molecule has 7 heteroatoms. The van der Waals surface area contributed by atoms with Gasteiger partial charge in [-0.1, -0.05) is 19.9 Å². The number of rotatable bonds is 8. The van der Waals surface area contributed by atoms with Gasteiger partial charge >= 0.3 is 0 Å². The maximum absolute atomic E-state index is 13.9. The number of carbonyl (C=O) groups excluding carboxylic acids is 1. The van der Waals surface area contributed by atoms with Gasteiger partial charge in [0.15, 0.2) is 5.88 Å². The van der Waals surface area contributed by atoms with E-state index >= 15 is 0 Å². The van der Waals surface area contributed by atoms with Crippen LogP contribution in [0.2, 0.25) is 0 Å². The molecule has 1 aromatic carbocycles. The van der Waals surface area contributed by atoms with Crippen molar-refractivity contribution in [2.24, 2.45) is 0 Å². The molecular formula is C25H31FN4O2. The number of carbonyl (C=O) groups is 1. The second-order valence-electron chi connectivity index (χ2n) is 8.31. The third kappa shape index (κ3) is 4.05. The zero-order valence-electron chi connectivity index (χ0n) is 18.9. The fourth-order valence-corrected chi connectivity index (χ4v) is 4.71. The van der Waals surface area contributed by atoms with Gasteiger partial charge in [-0.3, -0.25) is 4.79 Å². The molecule has 0 saturated heterocycles. The zero-order chi connectivity index (χ0) is 22.8. The minimum absolute atomic E-state index is 0.000595. The summed E-state index contributed by atoms with van der Waals surface area (Å²) in [6, 6.07) is 4.41. The summed E-state index contributed by atoms with van der Waals surface area (Å²) in [7, 11) is 0. The molecule has 0 fully saturated rings. The Morgan fingerprint density at radius 2 is 2.03 bits per heavy atom. The molecule has 2 heterocycles. The number of aromatic nitrogens is 2. The van der Waals surface area contributed by atoms with Crippen LogP contribution < -0.4 is 5.32 Å². The summed E-state index contributed by atoms with van der Waals surface area (Å²) in [5.41, 5.74) is 5.28. The molecule has 0 atom stereocenters. The number of amides is 1. The Morgan fingerprint density at radius 3 is 2.78 bits per heavy atom. The van der Waals surface area contributed by atoms with Crippen molar-refractivity contribution < 1.29 is 14.3 Å². The highest BCUT2D eigenvalue weighted by atomic mass is 19.1. The van der Waals surface area contributed by atoms with Crippen LogP contribution >= 0.6 is 0 Å². The quantitative estimate of drug-likeness (QED) is 0.391. The highest BCUT2D eigenvalue weighted by Crippen LogP contribution is 2.41. The first kappa shape index (κ1) is 22.1. The van der Waals surface area contributed by atoms with Gasteiger partial charge in [-0.15, -0.1) is 0 Å². The standard InChI is InChI=1S/C25H31FN4O2/c1-4-30(5-2)13-7-12-27-24(31)21-15(3)28-23-17(21)8-6-9-18(23)22-19-14-16(26)10-11-20(19)29-25(22)32/h9-11,14,28-29,32H,4-8,12-13H2,1-3H3,(H,27,31). The van der Waals surface area contributed by atoms with Gasteiger partial charge in [-0.05, 0) is 69.6 Å². The first-order valence-electron chi connectivity index (χ1n) is 11.4. The van der Waals surface area contributed by atoms with E-state index in [9.17, 15) is 14.3 Å². The number of benzene rings is 1. The summed E-state index contributed by atoms with van der Waals surface area (Å²) in [5, 5.41) is 14.3. The number of aromatic amines is 2. The lowest BCUT2D eigenvalue weighted by molar-refractivity contribution is 0.0950. The monoisotopic (exact) mass is 438 g/mol. The van der Waals surface area contributed by atoms with E-state index in [2.05, 4.69) is 34.0 Å². The average Bonchev–Trinajstić information content (AvgIpc) is 3.28. The lowest BCUT2D eigenvalue weighted by Crippen LogP contribution is -2.30. The largest absolute Gasteiger partial charge is 0.494 e. The summed E-state index contributed by atoms with van der Waals surface area (Å²) in [6.45, 7) is 9.78. The Kier molecular flexibility index (Phi) is 6.37. The molecule has 32 heavy (non-hydrogen) atoms. The highest BCUT2D eigenvalue weighted by molar-refractivity contribution is 6.03. The first-order valence-corrected chi connectivity index (χ1v) is 11.4. The van der Waals surface area contributed by atoms with Gasteiger partial charge < -0.3 is 25.3 Å². The van der Waals surface area contributed by atoms with E-state index in [0.29, 0.717) is 28.6 Å². The SMILES string of the molecule is CCN(CC)CCCNC(=O)c1c(C)[nH]c2c1CCC=C2c1c(O)[nH]c2ccc(F)cc12. The smallest absolute Gasteiger partial charge is 0.253 e. The highest BCUT2D eigenvalue weighted by Gasteiger charge is 2.28. The molecule has 1 aliphatic rings. The average molecular weight is 439 g/mol. The van der Waals surface area contributed by atoms with Gasteiger partial charge in [0.25, 0.3) is 5.91 Å². The van der Waals surface area contributed by atoms with Crippen molar-refractivity contribution in [2.75, 3.05) is 26.2 Å². The molecule has 0 radical (unpaired) electrons. The molecule has 1 amide bonds. The molecule has 0 bridgehead atoms. The number of aryl methyl sites for hydroxylation is 1. The summed E-state index contributed by atoms with van der Waals surface area (Å²) in [4.78, 5) is 21.7. The lowest BCUT2D eigenvalue weighted by Gasteiger charge is -2.18. The van der Waals surface area contributed by atoms with Gasteiger partial charge in [0.2, 0.25) is 0 Å². The van der Waals surface area contributed by atoms with E-state index in [-0.39, 0.29) is 17.6 Å². The number of hydrogen-bond donors (Lipinski definition) is 4. The van der Waals surface area contributed by atoms with E-state index in [0.717, 1.165) is 61.4 Å². The van der Waals surface area contributed by atoms with Gasteiger partial charge in [-0.25, -0.2) is 4.39 Å². The predicted octanol–water partition coefficient (Wildman–Crippen LogP) is 4.49. The molecule has 0 unspecified atom stereocenters. The van der Waals surface area contributed by atoms with Crippen molar-refractivity contribution in [3.63, 3.8) is 0 Å². The molecule has 2 aromatic heterocycles. The maximum Gasteiger partial charge on any atom is 0.253 e. The van der Waals surface area contributed by atoms with E-state index < -0.39 is 0 Å². The van der Waals surface area contributed by atoms with E-state index in [1.165, 1.54) is 12.1 Å². The molecule has 0 spiro atoms. The Bertz CT molecular complexity index is 1170. The van der Waals surface area contributed by atoms with Crippen molar-refractivity contribution in [2.45, 2.75) is 40.0 Å². The molecular weight excluding hydrogens is 407 g/mol. The number of aromatic hydroxyl groups is 1. The van der Waals surface area contributed by atoms with Crippen LogP contribution in [0.4, 0.5) is 4.39 Å². The number of nitrogens with zero attached hydrogens (tertiary/aromatic N) is 1. The third-order valence-electron chi connectivity index (χ3n) is 6.37. The predicted molar refractivity (Wildman–Crippen MR) is 126 cm³/mol. The van der Waals surface area contributed by atoms with Crippen molar-refractivity contribution >= 4 is 22.4 Å². The molecule has 0 saturated carbocycles.